The monoisotopic (exact) mass is 274 g/mol. The van der Waals surface area contributed by atoms with Crippen LogP contribution in [-0.2, 0) is 15.4 Å². The molecule has 0 aliphatic heterocycles. The summed E-state index contributed by atoms with van der Waals surface area (Å²) in [6, 6.07) is 0. The number of H-pyrrole nitrogens is 2. The second kappa shape index (κ2) is 7.00. The molecular formula is C11H15ClN2O4. The van der Waals surface area contributed by atoms with Gasteiger partial charge in [0.15, 0.2) is 5.78 Å². The van der Waals surface area contributed by atoms with Crippen molar-refractivity contribution >= 4 is 23.4 Å². The van der Waals surface area contributed by atoms with Gasteiger partial charge < -0.3 is 14.7 Å². The molecule has 1 heterocycles. The number of aromatic nitrogens is 2. The Morgan fingerprint density at radius 1 is 1.22 bits per heavy atom. The molecule has 0 bridgehead atoms. The number of carbonyl (C=O) groups is 2. The van der Waals surface area contributed by atoms with Crippen LogP contribution >= 0.6 is 11.6 Å². The summed E-state index contributed by atoms with van der Waals surface area (Å²) in [6.07, 6.45) is 1.68. The molecule has 0 unspecified atom stereocenters. The first kappa shape index (κ1) is 14.5. The van der Waals surface area contributed by atoms with Gasteiger partial charge in [0, 0.05) is 12.8 Å². The van der Waals surface area contributed by atoms with Crippen LogP contribution < -0.4 is 5.69 Å². The quantitative estimate of drug-likeness (QED) is 0.340. The van der Waals surface area contributed by atoms with Gasteiger partial charge in [-0.25, -0.2) is 4.79 Å². The summed E-state index contributed by atoms with van der Waals surface area (Å²) in [5, 5.41) is 0. The normalized spacial score (nSPS) is 10.3. The molecule has 6 nitrogen and oxygen atoms in total. The Balaban J connectivity index is 2.45. The molecule has 0 aromatic carbocycles. The minimum atomic E-state index is -0.441. The number of imidazole rings is 1. The molecule has 1 aromatic heterocycles. The molecule has 18 heavy (non-hydrogen) atoms. The van der Waals surface area contributed by atoms with Crippen molar-refractivity contribution in [3.63, 3.8) is 0 Å². The average Bonchev–Trinajstić information content (AvgIpc) is 2.75. The number of ketones is 1. The van der Waals surface area contributed by atoms with Gasteiger partial charge >= 0.3 is 11.7 Å². The summed E-state index contributed by atoms with van der Waals surface area (Å²) in [7, 11) is 1.32. The first-order valence-electron chi connectivity index (χ1n) is 5.55. The number of Topliss-reactive ketones (excluding diaryl/α,β-unsaturated/α-hetero) is 1. The average molecular weight is 275 g/mol. The van der Waals surface area contributed by atoms with Gasteiger partial charge in [-0.3, -0.25) is 9.59 Å². The van der Waals surface area contributed by atoms with Crippen molar-refractivity contribution in [1.29, 1.82) is 0 Å². The predicted molar refractivity (Wildman–Crippen MR) is 65.8 cm³/mol. The van der Waals surface area contributed by atoms with Crippen molar-refractivity contribution in [2.24, 2.45) is 0 Å². The SMILES string of the molecule is COC(=O)CCCCC(=O)c1[nH]c(=O)[nH]c1CCl. The Bertz CT molecular complexity index is 478. The molecule has 0 aliphatic rings. The van der Waals surface area contributed by atoms with E-state index in [0.717, 1.165) is 0 Å². The highest BCUT2D eigenvalue weighted by Gasteiger charge is 2.14. The van der Waals surface area contributed by atoms with Gasteiger partial charge in [0.25, 0.3) is 0 Å². The highest BCUT2D eigenvalue weighted by molar-refractivity contribution is 6.17. The molecule has 0 fully saturated rings. The lowest BCUT2D eigenvalue weighted by atomic mass is 10.1. The Morgan fingerprint density at radius 2 is 1.89 bits per heavy atom. The number of carbonyl (C=O) groups excluding carboxylic acids is 2. The zero-order chi connectivity index (χ0) is 13.5. The number of hydrogen-bond acceptors (Lipinski definition) is 4. The summed E-state index contributed by atoms with van der Waals surface area (Å²) in [5.74, 6) is -0.407. The van der Waals surface area contributed by atoms with Gasteiger partial charge in [0.05, 0.1) is 18.7 Å². The lowest BCUT2D eigenvalue weighted by Crippen LogP contribution is -2.06. The summed E-state index contributed by atoms with van der Waals surface area (Å²) in [6.45, 7) is 0. The zero-order valence-corrected chi connectivity index (χ0v) is 10.8. The smallest absolute Gasteiger partial charge is 0.323 e. The molecule has 0 radical (unpaired) electrons. The van der Waals surface area contributed by atoms with Gasteiger partial charge in [-0.2, -0.15) is 0 Å². The van der Waals surface area contributed by atoms with E-state index in [-0.39, 0.29) is 36.2 Å². The van der Waals surface area contributed by atoms with Gasteiger partial charge in [0.2, 0.25) is 0 Å². The summed E-state index contributed by atoms with van der Waals surface area (Å²) in [5.41, 5.74) is 0.191. The predicted octanol–water partition coefficient (Wildman–Crippen LogP) is 1.36. The number of hydrogen-bond donors (Lipinski definition) is 2. The van der Waals surface area contributed by atoms with Crippen LogP contribution in [-0.4, -0.2) is 28.8 Å². The van der Waals surface area contributed by atoms with Crippen molar-refractivity contribution in [2.75, 3.05) is 7.11 Å². The number of halogens is 1. The minimum absolute atomic E-state index is 0.0714. The first-order valence-corrected chi connectivity index (χ1v) is 6.09. The van der Waals surface area contributed by atoms with Crippen LogP contribution in [0.15, 0.2) is 4.79 Å². The summed E-state index contributed by atoms with van der Waals surface area (Å²) in [4.78, 5) is 38.6. The fraction of sp³-hybridized carbons (Fsp3) is 0.545. The molecule has 0 amide bonds. The second-order valence-electron chi connectivity index (χ2n) is 3.77. The van der Waals surface area contributed by atoms with E-state index in [4.69, 9.17) is 11.6 Å². The van der Waals surface area contributed by atoms with E-state index in [1.165, 1.54) is 7.11 Å². The van der Waals surface area contributed by atoms with Crippen LogP contribution in [0.4, 0.5) is 0 Å². The maximum absolute atomic E-state index is 11.8. The maximum Gasteiger partial charge on any atom is 0.323 e. The molecule has 0 saturated carbocycles. The van der Waals surface area contributed by atoms with Crippen molar-refractivity contribution < 1.29 is 14.3 Å². The largest absolute Gasteiger partial charge is 0.469 e. The Kier molecular flexibility index (Phi) is 5.64. The van der Waals surface area contributed by atoms with E-state index >= 15 is 0 Å². The van der Waals surface area contributed by atoms with E-state index in [1.54, 1.807) is 0 Å². The fourth-order valence-electron chi connectivity index (χ4n) is 1.54. The number of unbranched alkanes of at least 4 members (excludes halogenated alkanes) is 1. The van der Waals surface area contributed by atoms with Crippen LogP contribution in [0, 0.1) is 0 Å². The van der Waals surface area contributed by atoms with Crippen molar-refractivity contribution in [2.45, 2.75) is 31.6 Å². The lowest BCUT2D eigenvalue weighted by molar-refractivity contribution is -0.140. The maximum atomic E-state index is 11.8. The van der Waals surface area contributed by atoms with E-state index in [1.807, 2.05) is 0 Å². The van der Waals surface area contributed by atoms with E-state index in [9.17, 15) is 14.4 Å². The third kappa shape index (κ3) is 4.03. The number of nitrogens with one attached hydrogen (secondary N) is 2. The molecule has 0 saturated heterocycles. The van der Waals surface area contributed by atoms with Gasteiger partial charge in [-0.05, 0) is 12.8 Å². The van der Waals surface area contributed by atoms with Crippen molar-refractivity contribution in [3.05, 3.63) is 21.9 Å². The number of ether oxygens (including phenoxy) is 1. The highest BCUT2D eigenvalue weighted by atomic mass is 35.5. The van der Waals surface area contributed by atoms with Gasteiger partial charge in [-0.15, -0.1) is 11.6 Å². The van der Waals surface area contributed by atoms with E-state index < -0.39 is 5.69 Å². The minimum Gasteiger partial charge on any atom is -0.469 e. The molecule has 2 N–H and O–H groups in total. The summed E-state index contributed by atoms with van der Waals surface area (Å²) >= 11 is 5.61. The van der Waals surface area contributed by atoms with Crippen LogP contribution in [0.5, 0.6) is 0 Å². The number of rotatable bonds is 7. The molecule has 7 heteroatoms. The number of alkyl halides is 1. The summed E-state index contributed by atoms with van der Waals surface area (Å²) < 4.78 is 4.49. The fourth-order valence-corrected chi connectivity index (χ4v) is 1.74. The van der Waals surface area contributed by atoms with Gasteiger partial charge in [-0.1, -0.05) is 0 Å². The molecular weight excluding hydrogens is 260 g/mol. The highest BCUT2D eigenvalue weighted by Crippen LogP contribution is 2.10. The number of aromatic amines is 2. The van der Waals surface area contributed by atoms with Crippen LogP contribution in [0.3, 0.4) is 0 Å². The zero-order valence-electron chi connectivity index (χ0n) is 10.0. The lowest BCUT2D eigenvalue weighted by Gasteiger charge is -2.00. The van der Waals surface area contributed by atoms with Crippen molar-refractivity contribution in [3.8, 4) is 0 Å². The van der Waals surface area contributed by atoms with E-state index in [2.05, 4.69) is 14.7 Å². The van der Waals surface area contributed by atoms with Crippen LogP contribution in [0.2, 0.25) is 0 Å². The second-order valence-corrected chi connectivity index (χ2v) is 4.04. The Morgan fingerprint density at radius 3 is 2.50 bits per heavy atom. The third-order valence-corrected chi connectivity index (χ3v) is 2.75. The molecule has 1 aromatic rings. The molecule has 0 aliphatic carbocycles. The number of esters is 1. The Hall–Kier alpha value is -1.56. The van der Waals surface area contributed by atoms with Crippen LogP contribution in [0.1, 0.15) is 41.9 Å². The third-order valence-electron chi connectivity index (χ3n) is 2.48. The molecule has 100 valence electrons. The first-order chi connectivity index (χ1) is 8.58. The molecule has 0 spiro atoms. The van der Waals surface area contributed by atoms with Crippen molar-refractivity contribution in [1.82, 2.24) is 9.97 Å². The molecule has 0 atom stereocenters. The topological polar surface area (TPSA) is 92.0 Å². The standard InChI is InChI=1S/C11H15ClN2O4/c1-18-9(16)5-3-2-4-8(15)10-7(6-12)13-11(17)14-10/h2-6H2,1H3,(H2,13,14,17). The van der Waals surface area contributed by atoms with E-state index in [0.29, 0.717) is 18.5 Å². The van der Waals surface area contributed by atoms with Gasteiger partial charge in [0.1, 0.15) is 5.69 Å². The molecule has 1 rings (SSSR count). The Labute approximate surface area is 109 Å². The number of methoxy groups -OCH3 is 1. The van der Waals surface area contributed by atoms with Crippen LogP contribution in [0.25, 0.3) is 0 Å².